The number of rotatable bonds is 0. The molecule has 3 aliphatic rings. The van der Waals surface area contributed by atoms with Crippen molar-refractivity contribution < 1.29 is 0 Å². The maximum Gasteiger partial charge on any atom is 0.0722 e. The monoisotopic (exact) mass is 306 g/mol. The van der Waals surface area contributed by atoms with Gasteiger partial charge in [-0.05, 0) is 53.1 Å². The fourth-order valence-corrected chi connectivity index (χ4v) is 4.06. The molecule has 2 heteroatoms. The first-order valence-corrected chi connectivity index (χ1v) is 8.39. The van der Waals surface area contributed by atoms with Crippen LogP contribution in [0.5, 0.6) is 0 Å². The lowest BCUT2D eigenvalue weighted by molar-refractivity contribution is 1.31. The molecule has 6 rings (SSSR count). The summed E-state index contributed by atoms with van der Waals surface area (Å²) in [5, 5.41) is 4.88. The van der Waals surface area contributed by atoms with Gasteiger partial charge in [-0.2, -0.15) is 0 Å². The van der Waals surface area contributed by atoms with Gasteiger partial charge >= 0.3 is 0 Å². The normalized spacial score (nSPS) is 16.3. The number of para-hydroxylation sites is 1. The molecule has 0 saturated heterocycles. The summed E-state index contributed by atoms with van der Waals surface area (Å²) in [6, 6.07) is 17.4. The largest absolute Gasteiger partial charge is 0.252 e. The molecule has 0 fully saturated rings. The highest BCUT2D eigenvalue weighted by Gasteiger charge is 2.19. The number of aliphatic imine (C=N–C) groups is 1. The Balaban J connectivity index is 1.68. The molecule has 0 N–H and O–H groups in total. The van der Waals surface area contributed by atoms with Gasteiger partial charge in [0.2, 0.25) is 0 Å². The van der Waals surface area contributed by atoms with E-state index in [1.165, 1.54) is 38.4 Å². The van der Waals surface area contributed by atoms with Crippen molar-refractivity contribution in [3.8, 4) is 11.1 Å². The number of hydrogen-bond acceptors (Lipinski definition) is 2. The lowest BCUT2D eigenvalue weighted by Crippen LogP contribution is -2.10. The topological polar surface area (TPSA) is 24.7 Å². The number of nitrogens with zero attached hydrogens (tertiary/aromatic N) is 2. The first-order valence-electron chi connectivity index (χ1n) is 8.39. The summed E-state index contributed by atoms with van der Waals surface area (Å²) in [5.74, 6) is 0. The van der Waals surface area contributed by atoms with E-state index >= 15 is 0 Å². The molecule has 0 spiro atoms. The number of benzene rings is 3. The third kappa shape index (κ3) is 1.55. The fraction of sp³-hybridized carbons (Fsp3) is 0.0909. The number of fused-ring (bicyclic) bond motifs is 6. The van der Waals surface area contributed by atoms with Crippen LogP contribution >= 0.6 is 0 Å². The Bertz CT molecular complexity index is 1240. The van der Waals surface area contributed by atoms with Crippen LogP contribution in [0.1, 0.15) is 12.8 Å². The zero-order chi connectivity index (χ0) is 15.7. The Morgan fingerprint density at radius 2 is 1.58 bits per heavy atom. The molecule has 3 aromatic carbocycles. The number of allylic oxidation sites excluding steroid dienone is 2. The molecule has 0 bridgehead atoms. The molecule has 24 heavy (non-hydrogen) atoms. The average Bonchev–Trinajstić information content (AvgIpc) is 3.15. The second-order valence-corrected chi connectivity index (χ2v) is 6.63. The highest BCUT2D eigenvalue weighted by Crippen LogP contribution is 2.34. The van der Waals surface area contributed by atoms with Crippen LogP contribution in [-0.4, -0.2) is 5.71 Å². The minimum atomic E-state index is 0.958. The van der Waals surface area contributed by atoms with E-state index in [9.17, 15) is 0 Å². The van der Waals surface area contributed by atoms with Crippen molar-refractivity contribution in [2.75, 3.05) is 0 Å². The fourth-order valence-electron chi connectivity index (χ4n) is 4.06. The summed E-state index contributed by atoms with van der Waals surface area (Å²) < 4.78 is 0. The van der Waals surface area contributed by atoms with E-state index in [-0.39, 0.29) is 0 Å². The van der Waals surface area contributed by atoms with Crippen molar-refractivity contribution in [2.45, 2.75) is 12.8 Å². The molecule has 2 nitrogen and oxygen atoms in total. The van der Waals surface area contributed by atoms with Crippen molar-refractivity contribution in [2.24, 2.45) is 9.98 Å². The first-order chi connectivity index (χ1) is 11.9. The van der Waals surface area contributed by atoms with Crippen molar-refractivity contribution in [1.82, 2.24) is 0 Å². The molecular weight excluding hydrogens is 292 g/mol. The SMILES string of the molecule is C1=CCC2=c3cc4cc5c(cc4cc3N=C2C1)=Nc1ccccc1-5. The maximum atomic E-state index is 4.85. The van der Waals surface area contributed by atoms with Crippen LogP contribution in [0.25, 0.3) is 27.5 Å². The molecule has 112 valence electrons. The minimum absolute atomic E-state index is 0.958. The Morgan fingerprint density at radius 3 is 2.58 bits per heavy atom. The first kappa shape index (κ1) is 12.4. The molecule has 2 heterocycles. The Labute approximate surface area is 139 Å². The van der Waals surface area contributed by atoms with Crippen LogP contribution < -0.4 is 10.6 Å². The molecule has 1 aliphatic carbocycles. The molecule has 3 aromatic rings. The van der Waals surface area contributed by atoms with E-state index < -0.39 is 0 Å². The third-order valence-corrected chi connectivity index (χ3v) is 5.23. The zero-order valence-corrected chi connectivity index (χ0v) is 13.1. The molecule has 0 unspecified atom stereocenters. The Kier molecular flexibility index (Phi) is 2.22. The maximum absolute atomic E-state index is 4.85. The molecule has 0 atom stereocenters. The molecular formula is C22H14N2. The van der Waals surface area contributed by atoms with Gasteiger partial charge in [0.05, 0.1) is 16.7 Å². The van der Waals surface area contributed by atoms with Crippen LogP contribution in [0.4, 0.5) is 11.4 Å². The average molecular weight is 306 g/mol. The second-order valence-electron chi connectivity index (χ2n) is 6.63. The van der Waals surface area contributed by atoms with E-state index in [0.29, 0.717) is 0 Å². The van der Waals surface area contributed by atoms with Gasteiger partial charge in [-0.1, -0.05) is 30.4 Å². The van der Waals surface area contributed by atoms with Gasteiger partial charge in [0.15, 0.2) is 0 Å². The number of hydrogen-bond donors (Lipinski definition) is 0. The highest BCUT2D eigenvalue weighted by molar-refractivity contribution is 6.23. The molecule has 0 saturated carbocycles. The highest BCUT2D eigenvalue weighted by atomic mass is 14.8. The predicted molar refractivity (Wildman–Crippen MR) is 98.7 cm³/mol. The van der Waals surface area contributed by atoms with E-state index in [4.69, 9.17) is 9.98 Å². The summed E-state index contributed by atoms with van der Waals surface area (Å²) >= 11 is 0. The van der Waals surface area contributed by atoms with Crippen molar-refractivity contribution in [3.63, 3.8) is 0 Å². The summed E-state index contributed by atoms with van der Waals surface area (Å²) in [6.07, 6.45) is 6.43. The summed E-state index contributed by atoms with van der Waals surface area (Å²) in [6.45, 7) is 0. The van der Waals surface area contributed by atoms with Crippen LogP contribution in [0, 0.1) is 0 Å². The molecule has 0 radical (unpaired) electrons. The van der Waals surface area contributed by atoms with Crippen LogP contribution in [0.15, 0.2) is 70.7 Å². The standard InChI is InChI=1S/C22H14N2/c1-3-7-19-15(5-1)17-9-13-10-18-16-6-2-4-8-20(16)24-22(18)12-14(13)11-21(17)23-19/h1-5,7,9-12H,6,8H2. The van der Waals surface area contributed by atoms with E-state index in [1.54, 1.807) is 0 Å². The molecule has 2 aliphatic heterocycles. The Morgan fingerprint density at radius 1 is 0.708 bits per heavy atom. The van der Waals surface area contributed by atoms with Crippen LogP contribution in [-0.2, 0) is 0 Å². The molecule has 0 aromatic heterocycles. The summed E-state index contributed by atoms with van der Waals surface area (Å²) in [4.78, 5) is 9.63. The summed E-state index contributed by atoms with van der Waals surface area (Å²) in [5.41, 5.74) is 7.31. The second kappa shape index (κ2) is 4.30. The summed E-state index contributed by atoms with van der Waals surface area (Å²) in [7, 11) is 0. The van der Waals surface area contributed by atoms with Crippen molar-refractivity contribution >= 4 is 33.4 Å². The Hall–Kier alpha value is -3.00. The van der Waals surface area contributed by atoms with Crippen molar-refractivity contribution in [1.29, 1.82) is 0 Å². The minimum Gasteiger partial charge on any atom is -0.252 e. The van der Waals surface area contributed by atoms with Gasteiger partial charge in [0.1, 0.15) is 0 Å². The van der Waals surface area contributed by atoms with E-state index in [1.807, 2.05) is 6.07 Å². The van der Waals surface area contributed by atoms with Gasteiger partial charge in [0.25, 0.3) is 0 Å². The zero-order valence-electron chi connectivity index (χ0n) is 13.1. The van der Waals surface area contributed by atoms with Gasteiger partial charge in [-0.3, -0.25) is 4.99 Å². The van der Waals surface area contributed by atoms with Crippen molar-refractivity contribution in [3.05, 3.63) is 71.3 Å². The van der Waals surface area contributed by atoms with Gasteiger partial charge in [0, 0.05) is 28.5 Å². The van der Waals surface area contributed by atoms with Gasteiger partial charge in [-0.15, -0.1) is 0 Å². The van der Waals surface area contributed by atoms with Gasteiger partial charge < -0.3 is 0 Å². The van der Waals surface area contributed by atoms with Crippen LogP contribution in [0.3, 0.4) is 0 Å². The quantitative estimate of drug-likeness (QED) is 0.431. The lowest BCUT2D eigenvalue weighted by Gasteiger charge is -2.07. The third-order valence-electron chi connectivity index (χ3n) is 5.23. The van der Waals surface area contributed by atoms with Gasteiger partial charge in [-0.25, -0.2) is 4.99 Å². The van der Waals surface area contributed by atoms with E-state index in [2.05, 4.69) is 54.6 Å². The predicted octanol–water partition coefficient (Wildman–Crippen LogP) is 4.36. The smallest absolute Gasteiger partial charge is 0.0722 e. The van der Waals surface area contributed by atoms with Crippen LogP contribution in [0.2, 0.25) is 0 Å². The lowest BCUT2D eigenvalue weighted by atomic mass is 9.96. The van der Waals surface area contributed by atoms with E-state index in [0.717, 1.165) is 29.6 Å². The molecule has 0 amide bonds.